The number of aromatic nitrogens is 2. The summed E-state index contributed by atoms with van der Waals surface area (Å²) in [5, 5.41) is 4.32. The fourth-order valence-electron chi connectivity index (χ4n) is 5.43. The average molecular weight is 412 g/mol. The van der Waals surface area contributed by atoms with E-state index in [9.17, 15) is 9.59 Å². The van der Waals surface area contributed by atoms with E-state index in [2.05, 4.69) is 12.2 Å². The molecule has 0 spiro atoms. The van der Waals surface area contributed by atoms with Gasteiger partial charge in [0.1, 0.15) is 0 Å². The van der Waals surface area contributed by atoms with Crippen LogP contribution in [0.25, 0.3) is 10.9 Å². The number of thioether (sulfide) groups is 1. The second-order valence-electron chi connectivity index (χ2n) is 9.21. The molecule has 3 aliphatic carbocycles. The minimum Gasteiger partial charge on any atom is -0.352 e. The first-order valence-corrected chi connectivity index (χ1v) is 11.9. The Labute approximate surface area is 175 Å². The van der Waals surface area contributed by atoms with Crippen LogP contribution in [0.4, 0.5) is 0 Å². The fourth-order valence-corrected chi connectivity index (χ4v) is 6.42. The summed E-state index contributed by atoms with van der Waals surface area (Å²) < 4.78 is 1.82. The molecule has 5 unspecified atom stereocenters. The summed E-state index contributed by atoms with van der Waals surface area (Å²) in [6.07, 6.45) is 7.34. The Hall–Kier alpha value is -1.82. The summed E-state index contributed by atoms with van der Waals surface area (Å²) in [6, 6.07) is 7.94. The molecular weight excluding hydrogens is 382 g/mol. The maximum Gasteiger partial charge on any atom is 0.262 e. The van der Waals surface area contributed by atoms with Crippen LogP contribution in [0.3, 0.4) is 0 Å². The van der Waals surface area contributed by atoms with Gasteiger partial charge in [0, 0.05) is 12.1 Å². The molecule has 3 saturated carbocycles. The first kappa shape index (κ1) is 19.2. The minimum absolute atomic E-state index is 0.0172. The molecule has 1 N–H and O–H groups in total. The summed E-state index contributed by atoms with van der Waals surface area (Å²) in [5.41, 5.74) is 0.725. The first-order chi connectivity index (χ1) is 14.0. The average Bonchev–Trinajstić information content (AvgIpc) is 3.31. The highest BCUT2D eigenvalue weighted by Crippen LogP contribution is 2.49. The Balaban J connectivity index is 1.33. The Morgan fingerprint density at radius 3 is 2.66 bits per heavy atom. The van der Waals surface area contributed by atoms with Gasteiger partial charge in [-0.05, 0) is 75.8 Å². The van der Waals surface area contributed by atoms with Crippen LogP contribution in [-0.2, 0) is 4.79 Å². The summed E-state index contributed by atoms with van der Waals surface area (Å²) in [5.74, 6) is 2.35. The molecule has 3 fully saturated rings. The quantitative estimate of drug-likeness (QED) is 0.573. The molecule has 6 heteroatoms. The van der Waals surface area contributed by atoms with Crippen molar-refractivity contribution in [2.75, 3.05) is 0 Å². The van der Waals surface area contributed by atoms with Crippen molar-refractivity contribution in [1.29, 1.82) is 0 Å². The van der Waals surface area contributed by atoms with E-state index in [-0.39, 0.29) is 28.8 Å². The molecule has 154 valence electrons. The SMILES string of the molecule is CC(Sc1nc2ccccc2c(=O)n1C1CC1)C(=O)NC(C)C1CC2CCC1C2. The van der Waals surface area contributed by atoms with E-state index in [0.717, 1.165) is 24.7 Å². The molecule has 1 heterocycles. The topological polar surface area (TPSA) is 64.0 Å². The van der Waals surface area contributed by atoms with Crippen LogP contribution in [0, 0.1) is 17.8 Å². The number of rotatable bonds is 6. The van der Waals surface area contributed by atoms with Crippen molar-refractivity contribution >= 4 is 28.6 Å². The Morgan fingerprint density at radius 1 is 1.17 bits per heavy atom. The van der Waals surface area contributed by atoms with Gasteiger partial charge in [0.15, 0.2) is 5.16 Å². The first-order valence-electron chi connectivity index (χ1n) is 11.0. The number of para-hydroxylation sites is 1. The standard InChI is InChI=1S/C23H29N3O2S/c1-13(19-12-15-7-8-16(19)11-15)24-21(27)14(2)29-23-25-20-6-4-3-5-18(20)22(28)26(23)17-9-10-17/h3-6,13-17,19H,7-12H2,1-2H3,(H,24,27). The Bertz CT molecular complexity index is 999. The zero-order valence-electron chi connectivity index (χ0n) is 17.1. The second kappa shape index (κ2) is 7.46. The fraction of sp³-hybridized carbons (Fsp3) is 0.609. The third-order valence-corrected chi connectivity index (χ3v) is 8.21. The lowest BCUT2D eigenvalue weighted by Gasteiger charge is -2.29. The normalized spacial score (nSPS) is 27.9. The van der Waals surface area contributed by atoms with E-state index < -0.39 is 0 Å². The van der Waals surface area contributed by atoms with E-state index in [1.807, 2.05) is 35.8 Å². The van der Waals surface area contributed by atoms with Crippen molar-refractivity contribution in [3.8, 4) is 0 Å². The highest BCUT2D eigenvalue weighted by Gasteiger charge is 2.42. The molecule has 3 aliphatic rings. The molecule has 1 aromatic carbocycles. The zero-order valence-corrected chi connectivity index (χ0v) is 18.0. The minimum atomic E-state index is -0.283. The number of fused-ring (bicyclic) bond motifs is 3. The van der Waals surface area contributed by atoms with Crippen LogP contribution in [0.5, 0.6) is 0 Å². The number of carbonyl (C=O) groups is 1. The van der Waals surface area contributed by atoms with E-state index in [1.165, 1.54) is 37.4 Å². The van der Waals surface area contributed by atoms with Crippen molar-refractivity contribution in [1.82, 2.24) is 14.9 Å². The second-order valence-corrected chi connectivity index (χ2v) is 10.5. The van der Waals surface area contributed by atoms with Crippen molar-refractivity contribution in [2.24, 2.45) is 17.8 Å². The number of hydrogen-bond acceptors (Lipinski definition) is 4. The molecule has 0 aliphatic heterocycles. The van der Waals surface area contributed by atoms with Crippen LogP contribution >= 0.6 is 11.8 Å². The lowest BCUT2D eigenvalue weighted by Crippen LogP contribution is -2.43. The van der Waals surface area contributed by atoms with Gasteiger partial charge in [0.2, 0.25) is 5.91 Å². The van der Waals surface area contributed by atoms with Gasteiger partial charge in [-0.15, -0.1) is 0 Å². The monoisotopic (exact) mass is 411 g/mol. The molecule has 1 amide bonds. The number of amides is 1. The predicted molar refractivity (Wildman–Crippen MR) is 116 cm³/mol. The van der Waals surface area contributed by atoms with Gasteiger partial charge in [0.05, 0.1) is 16.2 Å². The zero-order chi connectivity index (χ0) is 20.1. The van der Waals surface area contributed by atoms with Crippen molar-refractivity contribution < 1.29 is 4.79 Å². The van der Waals surface area contributed by atoms with Crippen LogP contribution in [0.1, 0.15) is 58.4 Å². The van der Waals surface area contributed by atoms with Gasteiger partial charge in [-0.2, -0.15) is 0 Å². The maximum absolute atomic E-state index is 13.0. The summed E-state index contributed by atoms with van der Waals surface area (Å²) >= 11 is 1.42. The summed E-state index contributed by atoms with van der Waals surface area (Å²) in [7, 11) is 0. The Morgan fingerprint density at radius 2 is 1.97 bits per heavy atom. The molecule has 5 rings (SSSR count). The van der Waals surface area contributed by atoms with Crippen molar-refractivity contribution in [3.05, 3.63) is 34.6 Å². The molecule has 29 heavy (non-hydrogen) atoms. The van der Waals surface area contributed by atoms with Gasteiger partial charge < -0.3 is 5.32 Å². The number of carbonyl (C=O) groups excluding carboxylic acids is 1. The third kappa shape index (κ3) is 3.60. The maximum atomic E-state index is 13.0. The molecule has 5 atom stereocenters. The Kier molecular flexibility index (Phi) is 4.93. The molecular formula is C23H29N3O2S. The summed E-state index contributed by atoms with van der Waals surface area (Å²) in [6.45, 7) is 4.08. The van der Waals surface area contributed by atoms with E-state index in [1.54, 1.807) is 0 Å². The van der Waals surface area contributed by atoms with Gasteiger partial charge in [-0.1, -0.05) is 30.3 Å². The highest BCUT2D eigenvalue weighted by molar-refractivity contribution is 8.00. The van der Waals surface area contributed by atoms with E-state index in [4.69, 9.17) is 4.98 Å². The van der Waals surface area contributed by atoms with Crippen LogP contribution in [0.15, 0.2) is 34.2 Å². The lowest BCUT2D eigenvalue weighted by molar-refractivity contribution is -0.121. The molecule has 0 saturated heterocycles. The largest absolute Gasteiger partial charge is 0.352 e. The molecule has 1 aromatic heterocycles. The molecule has 2 bridgehead atoms. The molecule has 2 aromatic rings. The van der Waals surface area contributed by atoms with Gasteiger partial charge in [-0.25, -0.2) is 4.98 Å². The van der Waals surface area contributed by atoms with Gasteiger partial charge in [0.25, 0.3) is 5.56 Å². The van der Waals surface area contributed by atoms with Crippen LogP contribution in [-0.4, -0.2) is 26.8 Å². The number of nitrogens with one attached hydrogen (secondary N) is 1. The van der Waals surface area contributed by atoms with Crippen LogP contribution < -0.4 is 10.9 Å². The van der Waals surface area contributed by atoms with Crippen LogP contribution in [0.2, 0.25) is 0 Å². The number of nitrogens with zero attached hydrogens (tertiary/aromatic N) is 2. The molecule has 0 radical (unpaired) electrons. The van der Waals surface area contributed by atoms with E-state index in [0.29, 0.717) is 22.0 Å². The predicted octanol–water partition coefficient (Wildman–Crippen LogP) is 4.15. The van der Waals surface area contributed by atoms with Crippen molar-refractivity contribution in [3.63, 3.8) is 0 Å². The lowest BCUT2D eigenvalue weighted by atomic mass is 9.84. The van der Waals surface area contributed by atoms with Gasteiger partial charge >= 0.3 is 0 Å². The van der Waals surface area contributed by atoms with Gasteiger partial charge in [-0.3, -0.25) is 14.2 Å². The van der Waals surface area contributed by atoms with E-state index >= 15 is 0 Å². The number of benzene rings is 1. The third-order valence-electron chi connectivity index (χ3n) is 7.14. The smallest absolute Gasteiger partial charge is 0.262 e. The summed E-state index contributed by atoms with van der Waals surface area (Å²) in [4.78, 5) is 30.7. The highest BCUT2D eigenvalue weighted by atomic mass is 32.2. The van der Waals surface area contributed by atoms with Crippen molar-refractivity contribution in [2.45, 2.75) is 74.9 Å². The molecule has 5 nitrogen and oxygen atoms in total. The number of hydrogen-bond donors (Lipinski definition) is 1.